The van der Waals surface area contributed by atoms with Crippen LogP contribution in [0.4, 0.5) is 4.39 Å². The molecule has 0 aliphatic carbocycles. The van der Waals surface area contributed by atoms with E-state index in [1.165, 1.54) is 10.9 Å². The molecule has 0 spiro atoms. The first kappa shape index (κ1) is 13.7. The molecule has 1 amide bonds. The number of hydrogen-bond donors (Lipinski definition) is 1. The SMILES string of the molecule is CCc1cnc(CNC(=O)c2cccc(C)c2F)s1. The Hall–Kier alpha value is -1.75. The number of nitrogens with one attached hydrogen (secondary N) is 1. The Labute approximate surface area is 115 Å². The zero-order valence-corrected chi connectivity index (χ0v) is 11.7. The van der Waals surface area contributed by atoms with Gasteiger partial charge in [0.25, 0.3) is 5.91 Å². The number of rotatable bonds is 4. The van der Waals surface area contributed by atoms with Crippen LogP contribution in [0.15, 0.2) is 24.4 Å². The summed E-state index contributed by atoms with van der Waals surface area (Å²) in [6.45, 7) is 4.02. The molecule has 0 atom stereocenters. The third-order valence-corrected chi connectivity index (χ3v) is 3.93. The van der Waals surface area contributed by atoms with E-state index in [1.807, 2.05) is 0 Å². The van der Waals surface area contributed by atoms with E-state index >= 15 is 0 Å². The predicted octanol–water partition coefficient (Wildman–Crippen LogP) is 3.08. The Morgan fingerprint density at radius 3 is 2.95 bits per heavy atom. The molecule has 1 aromatic carbocycles. The van der Waals surface area contributed by atoms with E-state index in [4.69, 9.17) is 0 Å². The summed E-state index contributed by atoms with van der Waals surface area (Å²) in [4.78, 5) is 17.3. The fourth-order valence-electron chi connectivity index (χ4n) is 1.67. The zero-order valence-electron chi connectivity index (χ0n) is 10.9. The molecule has 0 aliphatic rings. The number of amides is 1. The van der Waals surface area contributed by atoms with Gasteiger partial charge in [0, 0.05) is 11.1 Å². The quantitative estimate of drug-likeness (QED) is 0.933. The minimum absolute atomic E-state index is 0.0762. The second-order valence-corrected chi connectivity index (χ2v) is 5.39. The van der Waals surface area contributed by atoms with Gasteiger partial charge in [-0.15, -0.1) is 11.3 Å². The Morgan fingerprint density at radius 2 is 2.26 bits per heavy atom. The van der Waals surface area contributed by atoms with Gasteiger partial charge in [0.1, 0.15) is 10.8 Å². The standard InChI is InChI=1S/C14H15FN2OS/c1-3-10-7-16-12(19-10)8-17-14(18)11-6-4-5-9(2)13(11)15/h4-7H,3,8H2,1-2H3,(H,17,18). The average Bonchev–Trinajstić information content (AvgIpc) is 2.87. The second kappa shape index (κ2) is 5.93. The van der Waals surface area contributed by atoms with Gasteiger partial charge in [0.05, 0.1) is 12.1 Å². The Balaban J connectivity index is 2.03. The maximum absolute atomic E-state index is 13.8. The van der Waals surface area contributed by atoms with Gasteiger partial charge in [-0.25, -0.2) is 9.37 Å². The van der Waals surface area contributed by atoms with Crippen LogP contribution in [0.2, 0.25) is 0 Å². The summed E-state index contributed by atoms with van der Waals surface area (Å²) >= 11 is 1.56. The molecule has 0 bridgehead atoms. The third-order valence-electron chi connectivity index (χ3n) is 2.79. The summed E-state index contributed by atoms with van der Waals surface area (Å²) in [5, 5.41) is 3.52. The summed E-state index contributed by atoms with van der Waals surface area (Å²) in [5.74, 6) is -0.872. The fraction of sp³-hybridized carbons (Fsp3) is 0.286. The molecule has 0 saturated carbocycles. The lowest BCUT2D eigenvalue weighted by molar-refractivity contribution is 0.0946. The molecule has 2 rings (SSSR count). The Kier molecular flexibility index (Phi) is 4.27. The van der Waals surface area contributed by atoms with Gasteiger partial charge in [-0.3, -0.25) is 4.79 Å². The highest BCUT2D eigenvalue weighted by Gasteiger charge is 2.13. The first-order valence-electron chi connectivity index (χ1n) is 6.08. The minimum Gasteiger partial charge on any atom is -0.345 e. The van der Waals surface area contributed by atoms with E-state index in [9.17, 15) is 9.18 Å². The summed E-state index contributed by atoms with van der Waals surface area (Å²) in [7, 11) is 0. The molecule has 1 heterocycles. The van der Waals surface area contributed by atoms with Crippen LogP contribution in [0.3, 0.4) is 0 Å². The van der Waals surface area contributed by atoms with Crippen molar-refractivity contribution in [3.8, 4) is 0 Å². The van der Waals surface area contributed by atoms with Crippen LogP contribution in [-0.2, 0) is 13.0 Å². The second-order valence-electron chi connectivity index (χ2n) is 4.19. The number of thiazole rings is 1. The molecule has 100 valence electrons. The first-order valence-corrected chi connectivity index (χ1v) is 6.90. The fourth-order valence-corrected chi connectivity index (χ4v) is 2.47. The molecule has 1 N–H and O–H groups in total. The van der Waals surface area contributed by atoms with Crippen LogP contribution < -0.4 is 5.32 Å². The molecular formula is C14H15FN2OS. The topological polar surface area (TPSA) is 42.0 Å². The van der Waals surface area contributed by atoms with Crippen LogP contribution in [0.5, 0.6) is 0 Å². The summed E-state index contributed by atoms with van der Waals surface area (Å²) in [5.41, 5.74) is 0.544. The molecule has 3 nitrogen and oxygen atoms in total. The van der Waals surface area contributed by atoms with Gasteiger partial charge in [-0.1, -0.05) is 19.1 Å². The van der Waals surface area contributed by atoms with Gasteiger partial charge in [-0.05, 0) is 25.0 Å². The lowest BCUT2D eigenvalue weighted by Gasteiger charge is -2.05. The monoisotopic (exact) mass is 278 g/mol. The molecule has 1 aromatic heterocycles. The highest BCUT2D eigenvalue weighted by molar-refractivity contribution is 7.11. The molecule has 19 heavy (non-hydrogen) atoms. The number of carbonyl (C=O) groups excluding carboxylic acids is 1. The van der Waals surface area contributed by atoms with Crippen LogP contribution in [0.1, 0.15) is 32.7 Å². The van der Waals surface area contributed by atoms with Crippen LogP contribution in [-0.4, -0.2) is 10.9 Å². The average molecular weight is 278 g/mol. The molecule has 0 radical (unpaired) electrons. The van der Waals surface area contributed by atoms with Gasteiger partial charge >= 0.3 is 0 Å². The summed E-state index contributed by atoms with van der Waals surface area (Å²) in [6.07, 6.45) is 2.73. The first-order chi connectivity index (χ1) is 9.11. The number of hydrogen-bond acceptors (Lipinski definition) is 3. The minimum atomic E-state index is -0.464. The van der Waals surface area contributed by atoms with Crippen molar-refractivity contribution < 1.29 is 9.18 Å². The number of carbonyl (C=O) groups is 1. The Bertz CT molecular complexity index is 595. The molecular weight excluding hydrogens is 263 g/mol. The van der Waals surface area contributed by atoms with Crippen LogP contribution in [0.25, 0.3) is 0 Å². The molecule has 0 unspecified atom stereocenters. The summed E-state index contributed by atoms with van der Waals surface area (Å²) < 4.78 is 13.8. The van der Waals surface area contributed by atoms with Crippen molar-refractivity contribution in [1.29, 1.82) is 0 Å². The number of halogens is 1. The van der Waals surface area contributed by atoms with Crippen LogP contribution >= 0.6 is 11.3 Å². The van der Waals surface area contributed by atoms with Crippen molar-refractivity contribution in [2.24, 2.45) is 0 Å². The van der Waals surface area contributed by atoms with Gasteiger partial charge < -0.3 is 5.32 Å². The molecule has 2 aromatic rings. The maximum Gasteiger partial charge on any atom is 0.254 e. The van der Waals surface area contributed by atoms with Gasteiger partial charge in [0.2, 0.25) is 0 Å². The highest BCUT2D eigenvalue weighted by Crippen LogP contribution is 2.14. The van der Waals surface area contributed by atoms with Crippen molar-refractivity contribution in [2.75, 3.05) is 0 Å². The lowest BCUT2D eigenvalue weighted by atomic mass is 10.1. The van der Waals surface area contributed by atoms with E-state index in [-0.39, 0.29) is 5.56 Å². The largest absolute Gasteiger partial charge is 0.345 e. The number of nitrogens with zero attached hydrogens (tertiary/aromatic N) is 1. The number of benzene rings is 1. The molecule has 0 saturated heterocycles. The van der Waals surface area contributed by atoms with Crippen molar-refractivity contribution in [2.45, 2.75) is 26.8 Å². The van der Waals surface area contributed by atoms with Crippen molar-refractivity contribution in [3.63, 3.8) is 0 Å². The van der Waals surface area contributed by atoms with Crippen LogP contribution in [0, 0.1) is 12.7 Å². The van der Waals surface area contributed by atoms with Crippen molar-refractivity contribution in [1.82, 2.24) is 10.3 Å². The zero-order chi connectivity index (χ0) is 13.8. The smallest absolute Gasteiger partial charge is 0.254 e. The molecule has 0 fully saturated rings. The normalized spacial score (nSPS) is 10.5. The predicted molar refractivity (Wildman–Crippen MR) is 73.8 cm³/mol. The highest BCUT2D eigenvalue weighted by atomic mass is 32.1. The molecule has 0 aliphatic heterocycles. The van der Waals surface area contributed by atoms with E-state index in [0.717, 1.165) is 11.4 Å². The van der Waals surface area contributed by atoms with Crippen molar-refractivity contribution in [3.05, 3.63) is 51.2 Å². The third kappa shape index (κ3) is 3.17. The Morgan fingerprint density at radius 1 is 1.47 bits per heavy atom. The van der Waals surface area contributed by atoms with E-state index < -0.39 is 11.7 Å². The van der Waals surface area contributed by atoms with Gasteiger partial charge in [-0.2, -0.15) is 0 Å². The van der Waals surface area contributed by atoms with E-state index in [1.54, 1.807) is 36.6 Å². The number of aromatic nitrogens is 1. The molecule has 5 heteroatoms. The van der Waals surface area contributed by atoms with E-state index in [2.05, 4.69) is 17.2 Å². The van der Waals surface area contributed by atoms with Crippen molar-refractivity contribution >= 4 is 17.2 Å². The van der Waals surface area contributed by atoms with Gasteiger partial charge in [0.15, 0.2) is 0 Å². The number of aryl methyl sites for hydroxylation is 2. The lowest BCUT2D eigenvalue weighted by Crippen LogP contribution is -2.24. The summed E-state index contributed by atoms with van der Waals surface area (Å²) in [6, 6.07) is 4.80. The van der Waals surface area contributed by atoms with E-state index in [0.29, 0.717) is 12.1 Å². The maximum atomic E-state index is 13.8.